The molecule has 2 N–H and O–H groups in total. The van der Waals surface area contributed by atoms with Gasteiger partial charge in [0.15, 0.2) is 0 Å². The number of halogens is 3. The topological polar surface area (TPSA) is 51.0 Å². The summed E-state index contributed by atoms with van der Waals surface area (Å²) in [7, 11) is 0. The first-order valence-corrected chi connectivity index (χ1v) is 9.14. The molecular weight excluding hydrogens is 379 g/mol. The molecular formula is C15H19Cl3N2O2S. The summed E-state index contributed by atoms with van der Waals surface area (Å²) in [6.45, 7) is 5.20. The van der Waals surface area contributed by atoms with Crippen LogP contribution in [0.2, 0.25) is 0 Å². The lowest BCUT2D eigenvalue weighted by Crippen LogP contribution is -3.03. The van der Waals surface area contributed by atoms with E-state index in [4.69, 9.17) is 34.8 Å². The number of rotatable bonds is 8. The average Bonchev–Trinajstić information content (AvgIpc) is 2.53. The molecule has 128 valence electrons. The van der Waals surface area contributed by atoms with Crippen LogP contribution in [0.5, 0.6) is 0 Å². The quantitative estimate of drug-likeness (QED) is 0.512. The molecule has 0 saturated carbocycles. The highest BCUT2D eigenvalue weighted by atomic mass is 35.5. The predicted molar refractivity (Wildman–Crippen MR) is 98.4 cm³/mol. The number of allylic oxidation sites excluding steroid dienone is 1. The van der Waals surface area contributed by atoms with E-state index in [-0.39, 0.29) is 15.2 Å². The molecule has 0 aromatic heterocycles. The van der Waals surface area contributed by atoms with Gasteiger partial charge in [0.25, 0.3) is 0 Å². The SMILES string of the molecule is CCN(CC)/C(SCc1ccccc1)=C(\C(Cl)=C(Cl)Cl)[NH+]([O-])O. The summed E-state index contributed by atoms with van der Waals surface area (Å²) in [6, 6.07) is 9.79. The van der Waals surface area contributed by atoms with Gasteiger partial charge in [0.1, 0.15) is 14.6 Å². The lowest BCUT2D eigenvalue weighted by molar-refractivity contribution is -1.01. The molecule has 0 radical (unpaired) electrons. The number of hydrogen-bond donors (Lipinski definition) is 2. The van der Waals surface area contributed by atoms with E-state index in [9.17, 15) is 10.4 Å². The van der Waals surface area contributed by atoms with Gasteiger partial charge in [0.05, 0.1) is 0 Å². The Morgan fingerprint density at radius 1 is 1.17 bits per heavy atom. The van der Waals surface area contributed by atoms with Crippen molar-refractivity contribution in [3.63, 3.8) is 0 Å². The van der Waals surface area contributed by atoms with E-state index in [2.05, 4.69) is 0 Å². The normalized spacial score (nSPS) is 13.3. The number of hydroxylamine groups is 2. The van der Waals surface area contributed by atoms with Crippen LogP contribution in [0.4, 0.5) is 0 Å². The first kappa shape index (κ1) is 20.6. The van der Waals surface area contributed by atoms with Gasteiger partial charge in [-0.25, -0.2) is 5.21 Å². The van der Waals surface area contributed by atoms with E-state index in [1.165, 1.54) is 11.8 Å². The minimum atomic E-state index is -1.16. The van der Waals surface area contributed by atoms with Crippen LogP contribution in [-0.2, 0) is 5.75 Å². The smallest absolute Gasteiger partial charge is 0.215 e. The van der Waals surface area contributed by atoms with E-state index >= 15 is 0 Å². The number of hydrogen-bond acceptors (Lipinski definition) is 4. The molecule has 0 aliphatic heterocycles. The maximum absolute atomic E-state index is 11.7. The average molecular weight is 398 g/mol. The summed E-state index contributed by atoms with van der Waals surface area (Å²) in [4.78, 5) is 1.93. The number of benzene rings is 1. The van der Waals surface area contributed by atoms with Crippen LogP contribution >= 0.6 is 46.6 Å². The maximum Gasteiger partial charge on any atom is 0.215 e. The summed E-state index contributed by atoms with van der Waals surface area (Å²) >= 11 is 18.9. The second-order valence-electron chi connectivity index (χ2n) is 4.51. The van der Waals surface area contributed by atoms with Gasteiger partial charge in [0, 0.05) is 18.8 Å². The Morgan fingerprint density at radius 3 is 2.17 bits per heavy atom. The highest BCUT2D eigenvalue weighted by molar-refractivity contribution is 8.02. The first-order valence-electron chi connectivity index (χ1n) is 7.02. The lowest BCUT2D eigenvalue weighted by atomic mass is 10.2. The van der Waals surface area contributed by atoms with Gasteiger partial charge >= 0.3 is 0 Å². The zero-order chi connectivity index (χ0) is 17.4. The summed E-state index contributed by atoms with van der Waals surface area (Å²) in [6.07, 6.45) is 0. The molecule has 0 saturated heterocycles. The Bertz CT molecular complexity index is 557. The highest BCUT2D eigenvalue weighted by Gasteiger charge is 2.24. The van der Waals surface area contributed by atoms with Crippen LogP contribution in [0.3, 0.4) is 0 Å². The Morgan fingerprint density at radius 2 is 1.74 bits per heavy atom. The third-order valence-corrected chi connectivity index (χ3v) is 5.24. The van der Waals surface area contributed by atoms with Crippen molar-refractivity contribution in [1.82, 2.24) is 4.90 Å². The fourth-order valence-electron chi connectivity index (χ4n) is 1.93. The van der Waals surface area contributed by atoms with E-state index < -0.39 is 5.23 Å². The van der Waals surface area contributed by atoms with Crippen LogP contribution in [0.15, 0.2) is 50.6 Å². The zero-order valence-corrected chi connectivity index (χ0v) is 15.9. The molecule has 8 heteroatoms. The molecule has 23 heavy (non-hydrogen) atoms. The van der Waals surface area contributed by atoms with E-state index in [0.29, 0.717) is 23.9 Å². The fourth-order valence-corrected chi connectivity index (χ4v) is 3.62. The Hall–Kier alpha value is -0.400. The van der Waals surface area contributed by atoms with E-state index in [1.54, 1.807) is 0 Å². The summed E-state index contributed by atoms with van der Waals surface area (Å²) < 4.78 is -0.256. The van der Waals surface area contributed by atoms with Crippen molar-refractivity contribution in [3.05, 3.63) is 61.4 Å². The summed E-state index contributed by atoms with van der Waals surface area (Å²) in [5.74, 6) is 0.619. The standard InChI is InChI=1S/C15H19Cl3N2O2S/c1-3-19(4-2)15(13(20(21)22)12(16)14(17)18)23-10-11-8-6-5-7-9-11/h5-9,20-21H,3-4,10H2,1-2H3/b15-13-. The summed E-state index contributed by atoms with van der Waals surface area (Å²) in [5, 5.41) is 20.5. The Labute approximate surface area is 155 Å². The molecule has 1 atom stereocenters. The molecule has 0 amide bonds. The van der Waals surface area contributed by atoms with E-state index in [1.807, 2.05) is 49.1 Å². The number of nitrogens with one attached hydrogen (secondary N) is 1. The predicted octanol–water partition coefficient (Wildman–Crippen LogP) is 4.09. The first-order chi connectivity index (χ1) is 10.9. The molecule has 1 aromatic carbocycles. The Balaban J connectivity index is 3.25. The molecule has 1 aromatic rings. The molecule has 1 unspecified atom stereocenters. The molecule has 1 rings (SSSR count). The van der Waals surface area contributed by atoms with Crippen molar-refractivity contribution in [2.24, 2.45) is 0 Å². The third-order valence-electron chi connectivity index (χ3n) is 3.08. The number of quaternary nitrogens is 1. The highest BCUT2D eigenvalue weighted by Crippen LogP contribution is 2.32. The van der Waals surface area contributed by atoms with Crippen molar-refractivity contribution < 1.29 is 10.4 Å². The number of thioether (sulfide) groups is 1. The van der Waals surface area contributed by atoms with Crippen LogP contribution < -0.4 is 5.23 Å². The lowest BCUT2D eigenvalue weighted by Gasteiger charge is -2.27. The van der Waals surface area contributed by atoms with Crippen LogP contribution in [-0.4, -0.2) is 23.2 Å². The van der Waals surface area contributed by atoms with Gasteiger partial charge in [-0.1, -0.05) is 76.9 Å². The van der Waals surface area contributed by atoms with Crippen molar-refractivity contribution in [2.75, 3.05) is 13.1 Å². The van der Waals surface area contributed by atoms with Gasteiger partial charge in [-0.15, -0.1) is 0 Å². The largest absolute Gasteiger partial charge is 0.595 e. The minimum Gasteiger partial charge on any atom is -0.595 e. The Kier molecular flexibility index (Phi) is 9.39. The minimum absolute atomic E-state index is 0.0729. The second-order valence-corrected chi connectivity index (χ2v) is 6.80. The molecule has 0 aliphatic rings. The van der Waals surface area contributed by atoms with Gasteiger partial charge < -0.3 is 10.1 Å². The monoisotopic (exact) mass is 396 g/mol. The second kappa shape index (κ2) is 10.5. The maximum atomic E-state index is 11.7. The van der Waals surface area contributed by atoms with Crippen molar-refractivity contribution >= 4 is 46.6 Å². The van der Waals surface area contributed by atoms with Gasteiger partial charge in [0.2, 0.25) is 5.70 Å². The molecule has 0 spiro atoms. The zero-order valence-electron chi connectivity index (χ0n) is 12.9. The third kappa shape index (κ3) is 6.19. The number of nitrogens with zero attached hydrogens (tertiary/aromatic N) is 1. The molecule has 0 aliphatic carbocycles. The molecule has 4 nitrogen and oxygen atoms in total. The van der Waals surface area contributed by atoms with Crippen LogP contribution in [0, 0.1) is 5.21 Å². The van der Waals surface area contributed by atoms with E-state index in [0.717, 1.165) is 5.56 Å². The van der Waals surface area contributed by atoms with Gasteiger partial charge in [-0.05, 0) is 19.4 Å². The van der Waals surface area contributed by atoms with Crippen LogP contribution in [0.1, 0.15) is 19.4 Å². The van der Waals surface area contributed by atoms with Gasteiger partial charge in [-0.2, -0.15) is 5.23 Å². The molecule has 0 fully saturated rings. The van der Waals surface area contributed by atoms with Crippen molar-refractivity contribution in [2.45, 2.75) is 19.6 Å². The van der Waals surface area contributed by atoms with Crippen molar-refractivity contribution in [3.8, 4) is 0 Å². The van der Waals surface area contributed by atoms with Crippen molar-refractivity contribution in [1.29, 1.82) is 0 Å². The van der Waals surface area contributed by atoms with Crippen LogP contribution in [0.25, 0.3) is 0 Å². The molecule has 0 heterocycles. The summed E-state index contributed by atoms with van der Waals surface area (Å²) in [5.41, 5.74) is 1.01. The van der Waals surface area contributed by atoms with Gasteiger partial charge in [-0.3, -0.25) is 0 Å². The molecule has 0 bridgehead atoms. The fraction of sp³-hybridized carbons (Fsp3) is 0.333.